The van der Waals surface area contributed by atoms with Crippen molar-refractivity contribution in [3.05, 3.63) is 41.5 Å². The van der Waals surface area contributed by atoms with Crippen LogP contribution in [0.4, 0.5) is 5.69 Å². The Labute approximate surface area is 171 Å². The fourth-order valence-corrected chi connectivity index (χ4v) is 4.87. The highest BCUT2D eigenvalue weighted by Gasteiger charge is 2.31. The second-order valence-corrected chi connectivity index (χ2v) is 9.76. The van der Waals surface area contributed by atoms with Gasteiger partial charge in [0.05, 0.1) is 5.75 Å². The Morgan fingerprint density at radius 2 is 1.97 bits per heavy atom. The van der Waals surface area contributed by atoms with E-state index in [9.17, 15) is 13.2 Å². The number of benzene rings is 1. The van der Waals surface area contributed by atoms with Crippen LogP contribution in [0.1, 0.15) is 72.9 Å². The zero-order chi connectivity index (χ0) is 20.4. The predicted molar refractivity (Wildman–Crippen MR) is 110 cm³/mol. The maximum absolute atomic E-state index is 12.9. The van der Waals surface area contributed by atoms with Crippen molar-refractivity contribution in [2.24, 2.45) is 0 Å². The summed E-state index contributed by atoms with van der Waals surface area (Å²) in [7, 11) is -3.38. The SMILES string of the molecule is CCCS(=O)(=O)Nc1cccc(C(=O)N2CCC(c3nc(C4CC4)n[nH]3)CC2)c1. The minimum Gasteiger partial charge on any atom is -0.339 e. The van der Waals surface area contributed by atoms with Crippen molar-refractivity contribution in [1.82, 2.24) is 20.1 Å². The number of hydrogen-bond donors (Lipinski definition) is 2. The van der Waals surface area contributed by atoms with E-state index in [1.54, 1.807) is 24.3 Å². The monoisotopic (exact) mass is 417 g/mol. The van der Waals surface area contributed by atoms with Crippen molar-refractivity contribution >= 4 is 21.6 Å². The Morgan fingerprint density at radius 1 is 1.21 bits per heavy atom. The Morgan fingerprint density at radius 3 is 2.66 bits per heavy atom. The molecule has 4 rings (SSSR count). The van der Waals surface area contributed by atoms with E-state index >= 15 is 0 Å². The molecule has 1 aromatic heterocycles. The number of anilines is 1. The van der Waals surface area contributed by atoms with Crippen LogP contribution >= 0.6 is 0 Å². The molecule has 2 N–H and O–H groups in total. The fourth-order valence-electron chi connectivity index (χ4n) is 3.75. The molecule has 0 atom stereocenters. The fraction of sp³-hybridized carbons (Fsp3) is 0.550. The molecule has 9 heteroatoms. The average molecular weight is 418 g/mol. The highest BCUT2D eigenvalue weighted by Crippen LogP contribution is 2.38. The number of carbonyl (C=O) groups is 1. The number of nitrogens with zero attached hydrogens (tertiary/aromatic N) is 3. The summed E-state index contributed by atoms with van der Waals surface area (Å²) in [6.45, 7) is 3.11. The van der Waals surface area contributed by atoms with Gasteiger partial charge in [-0.1, -0.05) is 13.0 Å². The summed E-state index contributed by atoms with van der Waals surface area (Å²) in [5.41, 5.74) is 0.921. The number of amides is 1. The third-order valence-corrected chi connectivity index (χ3v) is 6.98. The third-order valence-electron chi connectivity index (χ3n) is 5.49. The molecule has 1 saturated heterocycles. The predicted octanol–water partition coefficient (Wildman–Crippen LogP) is 2.85. The lowest BCUT2D eigenvalue weighted by Crippen LogP contribution is -2.38. The first-order chi connectivity index (χ1) is 13.9. The lowest BCUT2D eigenvalue weighted by atomic mass is 9.95. The first kappa shape index (κ1) is 19.9. The molecule has 2 heterocycles. The van der Waals surface area contributed by atoms with E-state index in [-0.39, 0.29) is 11.7 Å². The number of H-pyrrole nitrogens is 1. The van der Waals surface area contributed by atoms with Crippen molar-refractivity contribution in [3.8, 4) is 0 Å². The van der Waals surface area contributed by atoms with Gasteiger partial charge in [0.15, 0.2) is 5.82 Å². The number of likely N-dealkylation sites (tertiary alicyclic amines) is 1. The summed E-state index contributed by atoms with van der Waals surface area (Å²) >= 11 is 0. The van der Waals surface area contributed by atoms with E-state index in [4.69, 9.17) is 0 Å². The van der Waals surface area contributed by atoms with Crippen LogP contribution in [0.5, 0.6) is 0 Å². The van der Waals surface area contributed by atoms with Gasteiger partial charge in [-0.15, -0.1) is 0 Å². The number of nitrogens with one attached hydrogen (secondary N) is 2. The van der Waals surface area contributed by atoms with Gasteiger partial charge >= 0.3 is 0 Å². The molecular weight excluding hydrogens is 390 g/mol. The first-order valence-corrected chi connectivity index (χ1v) is 11.9. The third kappa shape index (κ3) is 4.77. The average Bonchev–Trinajstić information content (AvgIpc) is 3.44. The minimum absolute atomic E-state index is 0.0583. The normalized spacial score (nSPS) is 18.0. The van der Waals surface area contributed by atoms with Crippen molar-refractivity contribution in [1.29, 1.82) is 0 Å². The van der Waals surface area contributed by atoms with Crippen molar-refractivity contribution < 1.29 is 13.2 Å². The van der Waals surface area contributed by atoms with E-state index < -0.39 is 10.0 Å². The number of aromatic nitrogens is 3. The summed E-state index contributed by atoms with van der Waals surface area (Å²) in [6, 6.07) is 6.71. The summed E-state index contributed by atoms with van der Waals surface area (Å²) in [5.74, 6) is 2.68. The molecule has 2 aliphatic rings. The van der Waals surface area contributed by atoms with Gasteiger partial charge in [0.1, 0.15) is 5.82 Å². The van der Waals surface area contributed by atoms with Gasteiger partial charge in [-0.2, -0.15) is 5.10 Å². The van der Waals surface area contributed by atoms with Crippen molar-refractivity contribution in [3.63, 3.8) is 0 Å². The Balaban J connectivity index is 1.37. The molecule has 1 saturated carbocycles. The number of hydrogen-bond acceptors (Lipinski definition) is 5. The topological polar surface area (TPSA) is 108 Å². The molecule has 2 fully saturated rings. The molecule has 2 aromatic rings. The molecule has 0 radical (unpaired) electrons. The van der Waals surface area contributed by atoms with E-state index in [1.165, 1.54) is 12.8 Å². The van der Waals surface area contributed by atoms with E-state index in [0.717, 1.165) is 24.5 Å². The Kier molecular flexibility index (Phi) is 5.58. The molecule has 0 bridgehead atoms. The maximum atomic E-state index is 12.9. The number of sulfonamides is 1. The van der Waals surface area contributed by atoms with Gasteiger partial charge in [-0.25, -0.2) is 13.4 Å². The van der Waals surface area contributed by atoms with Gasteiger partial charge in [-0.05, 0) is 50.3 Å². The summed E-state index contributed by atoms with van der Waals surface area (Å²) in [4.78, 5) is 19.4. The van der Waals surface area contributed by atoms with Gasteiger partial charge in [-0.3, -0.25) is 14.6 Å². The highest BCUT2D eigenvalue weighted by atomic mass is 32.2. The number of aromatic amines is 1. The molecule has 29 heavy (non-hydrogen) atoms. The zero-order valence-electron chi connectivity index (χ0n) is 16.6. The zero-order valence-corrected chi connectivity index (χ0v) is 17.4. The highest BCUT2D eigenvalue weighted by molar-refractivity contribution is 7.92. The number of carbonyl (C=O) groups excluding carboxylic acids is 1. The standard InChI is InChI=1S/C20H27N5O3S/c1-2-12-29(27,28)24-17-5-3-4-16(13-17)20(26)25-10-8-15(9-11-25)19-21-18(22-23-19)14-6-7-14/h3-5,13-15,24H,2,6-12H2,1H3,(H,21,22,23). The quantitative estimate of drug-likeness (QED) is 0.720. The Hall–Kier alpha value is -2.42. The maximum Gasteiger partial charge on any atom is 0.253 e. The lowest BCUT2D eigenvalue weighted by Gasteiger charge is -2.31. The van der Waals surface area contributed by atoms with Crippen molar-refractivity contribution in [2.45, 2.75) is 50.9 Å². The largest absolute Gasteiger partial charge is 0.339 e. The molecule has 1 amide bonds. The first-order valence-electron chi connectivity index (χ1n) is 10.3. The molecule has 8 nitrogen and oxygen atoms in total. The van der Waals surface area contributed by atoms with E-state index in [1.807, 2.05) is 11.8 Å². The molecule has 1 aliphatic heterocycles. The molecular formula is C20H27N5O3S. The van der Waals surface area contributed by atoms with Gasteiger partial charge in [0.2, 0.25) is 10.0 Å². The second-order valence-electron chi connectivity index (χ2n) is 7.92. The Bertz CT molecular complexity index is 976. The number of piperidine rings is 1. The smallest absolute Gasteiger partial charge is 0.253 e. The summed E-state index contributed by atoms with van der Waals surface area (Å²) in [6.07, 6.45) is 4.58. The molecule has 0 spiro atoms. The summed E-state index contributed by atoms with van der Waals surface area (Å²) < 4.78 is 26.5. The number of rotatable bonds is 7. The van der Waals surface area contributed by atoms with Crippen LogP contribution in [0.25, 0.3) is 0 Å². The van der Waals surface area contributed by atoms with Crippen LogP contribution in [-0.4, -0.2) is 53.2 Å². The molecule has 1 aliphatic carbocycles. The van der Waals surface area contributed by atoms with Crippen LogP contribution in [0.2, 0.25) is 0 Å². The van der Waals surface area contributed by atoms with Crippen molar-refractivity contribution in [2.75, 3.05) is 23.6 Å². The summed E-state index contributed by atoms with van der Waals surface area (Å²) in [5, 5.41) is 7.42. The van der Waals surface area contributed by atoms with Gasteiger partial charge < -0.3 is 4.90 Å². The molecule has 156 valence electrons. The van der Waals surface area contributed by atoms with E-state index in [0.29, 0.717) is 42.6 Å². The van der Waals surface area contributed by atoms with Gasteiger partial charge in [0, 0.05) is 36.2 Å². The lowest BCUT2D eigenvalue weighted by molar-refractivity contribution is 0.0711. The van der Waals surface area contributed by atoms with Crippen LogP contribution < -0.4 is 4.72 Å². The molecule has 0 unspecified atom stereocenters. The van der Waals surface area contributed by atoms with Crippen LogP contribution in [0, 0.1) is 0 Å². The minimum atomic E-state index is -3.38. The van der Waals surface area contributed by atoms with E-state index in [2.05, 4.69) is 19.9 Å². The van der Waals surface area contributed by atoms with Crippen LogP contribution in [0.3, 0.4) is 0 Å². The second kappa shape index (κ2) is 8.14. The van der Waals surface area contributed by atoms with Crippen LogP contribution in [-0.2, 0) is 10.0 Å². The van der Waals surface area contributed by atoms with Crippen LogP contribution in [0.15, 0.2) is 24.3 Å². The molecule has 1 aromatic carbocycles. The van der Waals surface area contributed by atoms with Gasteiger partial charge in [0.25, 0.3) is 5.91 Å².